The second kappa shape index (κ2) is 8.14. The van der Waals surface area contributed by atoms with Crippen LogP contribution < -0.4 is 4.74 Å². The Kier molecular flexibility index (Phi) is 5.46. The molecule has 3 heteroatoms. The van der Waals surface area contributed by atoms with Crippen LogP contribution in [0.15, 0.2) is 73.1 Å². The zero-order valence-corrected chi connectivity index (χ0v) is 14.0. The molecule has 0 saturated heterocycles. The third-order valence-electron chi connectivity index (χ3n) is 3.73. The van der Waals surface area contributed by atoms with Crippen molar-refractivity contribution < 1.29 is 9.84 Å². The molecule has 0 fully saturated rings. The quantitative estimate of drug-likeness (QED) is 0.732. The number of hydrogen-bond donors (Lipinski definition) is 1. The van der Waals surface area contributed by atoms with Gasteiger partial charge in [-0.15, -0.1) is 0 Å². The Morgan fingerprint density at radius 2 is 1.68 bits per heavy atom. The minimum atomic E-state index is -0.449. The molecule has 0 aliphatic rings. The largest absolute Gasteiger partial charge is 0.489 e. The number of aromatic nitrogens is 1. The summed E-state index contributed by atoms with van der Waals surface area (Å²) in [6.45, 7) is 2.24. The molecule has 3 aromatic rings. The summed E-state index contributed by atoms with van der Waals surface area (Å²) in [5.74, 6) is 6.99. The van der Waals surface area contributed by atoms with Crippen molar-refractivity contribution in [1.82, 2.24) is 4.98 Å². The molecule has 0 aliphatic heterocycles. The number of pyridine rings is 1. The lowest BCUT2D eigenvalue weighted by molar-refractivity contribution is 0.199. The van der Waals surface area contributed by atoms with Crippen LogP contribution in [0.1, 0.15) is 35.3 Å². The van der Waals surface area contributed by atoms with Gasteiger partial charge >= 0.3 is 0 Å². The molecule has 1 N–H and O–H groups in total. The molecular formula is C22H19NO2. The lowest BCUT2D eigenvalue weighted by Gasteiger charge is -2.08. The highest BCUT2D eigenvalue weighted by atomic mass is 16.5. The summed E-state index contributed by atoms with van der Waals surface area (Å²) in [6.07, 6.45) is 3.03. The van der Waals surface area contributed by atoms with E-state index >= 15 is 0 Å². The predicted octanol–water partition coefficient (Wildman–Crippen LogP) is 4.11. The molecular weight excluding hydrogens is 310 g/mol. The molecule has 3 nitrogen and oxygen atoms in total. The summed E-state index contributed by atoms with van der Waals surface area (Å²) >= 11 is 0. The zero-order valence-electron chi connectivity index (χ0n) is 14.0. The van der Waals surface area contributed by atoms with E-state index < -0.39 is 6.10 Å². The summed E-state index contributed by atoms with van der Waals surface area (Å²) in [4.78, 5) is 4.04. The van der Waals surface area contributed by atoms with Crippen LogP contribution in [0.4, 0.5) is 0 Å². The smallest absolute Gasteiger partial charge is 0.119 e. The minimum absolute atomic E-state index is 0.449. The van der Waals surface area contributed by atoms with Gasteiger partial charge in [0, 0.05) is 23.5 Å². The van der Waals surface area contributed by atoms with Crippen LogP contribution >= 0.6 is 0 Å². The van der Waals surface area contributed by atoms with E-state index in [1.807, 2.05) is 60.7 Å². The minimum Gasteiger partial charge on any atom is -0.489 e. The average molecular weight is 329 g/mol. The molecule has 1 atom stereocenters. The van der Waals surface area contributed by atoms with Gasteiger partial charge in [-0.2, -0.15) is 0 Å². The molecule has 1 heterocycles. The van der Waals surface area contributed by atoms with Gasteiger partial charge in [-0.3, -0.25) is 4.98 Å². The molecule has 2 aromatic carbocycles. The molecule has 0 bridgehead atoms. The number of aliphatic hydroxyl groups excluding tert-OH is 1. The predicted molar refractivity (Wildman–Crippen MR) is 98.1 cm³/mol. The van der Waals surface area contributed by atoms with Crippen molar-refractivity contribution in [2.75, 3.05) is 0 Å². The molecule has 3 rings (SSSR count). The first-order valence-corrected chi connectivity index (χ1v) is 8.12. The Balaban J connectivity index is 1.58. The Labute approximate surface area is 147 Å². The Morgan fingerprint density at radius 1 is 0.960 bits per heavy atom. The lowest BCUT2D eigenvalue weighted by atomic mass is 10.1. The number of aliphatic hydroxyl groups is 1. The highest BCUT2D eigenvalue weighted by Gasteiger charge is 2.01. The maximum Gasteiger partial charge on any atom is 0.119 e. The van der Waals surface area contributed by atoms with Crippen molar-refractivity contribution in [3.63, 3.8) is 0 Å². The molecule has 1 unspecified atom stereocenters. The van der Waals surface area contributed by atoms with E-state index in [4.69, 9.17) is 4.74 Å². The summed E-state index contributed by atoms with van der Waals surface area (Å²) in [5.41, 5.74) is 3.78. The van der Waals surface area contributed by atoms with Gasteiger partial charge in [-0.1, -0.05) is 36.1 Å². The monoisotopic (exact) mass is 329 g/mol. The van der Waals surface area contributed by atoms with E-state index in [9.17, 15) is 5.11 Å². The maximum atomic E-state index is 9.52. The van der Waals surface area contributed by atoms with Gasteiger partial charge in [0.2, 0.25) is 0 Å². The van der Waals surface area contributed by atoms with E-state index in [0.717, 1.165) is 28.0 Å². The molecule has 0 radical (unpaired) electrons. The van der Waals surface area contributed by atoms with E-state index in [-0.39, 0.29) is 0 Å². The summed E-state index contributed by atoms with van der Waals surface area (Å²) in [6, 6.07) is 19.3. The standard InChI is InChI=1S/C22H19NO2/c1-17(24)21-10-6-20(7-11-21)16-25-22-12-8-18(9-13-22)4-5-19-3-2-14-23-15-19/h2-3,6-15,17,24H,16H2,1H3. The van der Waals surface area contributed by atoms with Crippen molar-refractivity contribution in [3.05, 3.63) is 95.3 Å². The Hall–Kier alpha value is -3.09. The maximum absolute atomic E-state index is 9.52. The molecule has 124 valence electrons. The van der Waals surface area contributed by atoms with E-state index in [2.05, 4.69) is 16.8 Å². The molecule has 0 saturated carbocycles. The first-order valence-electron chi connectivity index (χ1n) is 8.12. The number of rotatable bonds is 4. The van der Waals surface area contributed by atoms with Crippen LogP contribution in [0.3, 0.4) is 0 Å². The molecule has 25 heavy (non-hydrogen) atoms. The van der Waals surface area contributed by atoms with Gasteiger partial charge < -0.3 is 9.84 Å². The van der Waals surface area contributed by atoms with Gasteiger partial charge in [0.05, 0.1) is 6.10 Å². The van der Waals surface area contributed by atoms with E-state index in [1.54, 1.807) is 19.3 Å². The van der Waals surface area contributed by atoms with Gasteiger partial charge in [0.25, 0.3) is 0 Å². The SMILES string of the molecule is CC(O)c1ccc(COc2ccc(C#Cc3cccnc3)cc2)cc1. The van der Waals surface area contributed by atoms with Gasteiger partial charge in [0.15, 0.2) is 0 Å². The topological polar surface area (TPSA) is 42.4 Å². The third-order valence-corrected chi connectivity index (χ3v) is 3.73. The van der Waals surface area contributed by atoms with Crippen molar-refractivity contribution in [2.24, 2.45) is 0 Å². The van der Waals surface area contributed by atoms with Crippen LogP contribution in [0.25, 0.3) is 0 Å². The number of nitrogens with zero attached hydrogens (tertiary/aromatic N) is 1. The van der Waals surface area contributed by atoms with Crippen LogP contribution in [0.2, 0.25) is 0 Å². The van der Waals surface area contributed by atoms with Crippen LogP contribution in [0.5, 0.6) is 5.75 Å². The average Bonchev–Trinajstić information content (AvgIpc) is 2.67. The first-order chi connectivity index (χ1) is 12.2. The fraction of sp³-hybridized carbons (Fsp3) is 0.136. The van der Waals surface area contributed by atoms with Crippen molar-refractivity contribution >= 4 is 0 Å². The Bertz CT molecular complexity index is 858. The second-order valence-electron chi connectivity index (χ2n) is 5.72. The van der Waals surface area contributed by atoms with Gasteiger partial charge in [-0.25, -0.2) is 0 Å². The van der Waals surface area contributed by atoms with Crippen molar-refractivity contribution in [3.8, 4) is 17.6 Å². The van der Waals surface area contributed by atoms with E-state index in [1.165, 1.54) is 0 Å². The van der Waals surface area contributed by atoms with Crippen molar-refractivity contribution in [1.29, 1.82) is 0 Å². The normalized spacial score (nSPS) is 11.3. The summed E-state index contributed by atoms with van der Waals surface area (Å²) in [5, 5.41) is 9.52. The summed E-state index contributed by atoms with van der Waals surface area (Å²) < 4.78 is 5.79. The van der Waals surface area contributed by atoms with Gasteiger partial charge in [0.1, 0.15) is 12.4 Å². The zero-order chi connectivity index (χ0) is 17.5. The second-order valence-corrected chi connectivity index (χ2v) is 5.72. The number of hydrogen-bond acceptors (Lipinski definition) is 3. The van der Waals surface area contributed by atoms with E-state index in [0.29, 0.717) is 6.61 Å². The number of ether oxygens (including phenoxy) is 1. The van der Waals surface area contributed by atoms with Crippen LogP contribution in [0, 0.1) is 11.8 Å². The lowest BCUT2D eigenvalue weighted by Crippen LogP contribution is -1.97. The molecule has 0 aliphatic carbocycles. The highest BCUT2D eigenvalue weighted by Crippen LogP contribution is 2.16. The summed E-state index contributed by atoms with van der Waals surface area (Å²) in [7, 11) is 0. The molecule has 0 amide bonds. The van der Waals surface area contributed by atoms with Crippen LogP contribution in [-0.4, -0.2) is 10.1 Å². The fourth-order valence-corrected chi connectivity index (χ4v) is 2.27. The number of benzene rings is 2. The molecule has 1 aromatic heterocycles. The van der Waals surface area contributed by atoms with Crippen molar-refractivity contribution in [2.45, 2.75) is 19.6 Å². The highest BCUT2D eigenvalue weighted by molar-refractivity contribution is 5.43. The first kappa shape index (κ1) is 16.8. The molecule has 0 spiro atoms. The Morgan fingerprint density at radius 3 is 2.32 bits per heavy atom. The van der Waals surface area contributed by atoms with Crippen LogP contribution in [-0.2, 0) is 6.61 Å². The fourth-order valence-electron chi connectivity index (χ4n) is 2.27. The van der Waals surface area contributed by atoms with Gasteiger partial charge in [-0.05, 0) is 54.4 Å². The third kappa shape index (κ3) is 4.94.